The molecule has 138 valence electrons. The summed E-state index contributed by atoms with van der Waals surface area (Å²) < 4.78 is 39.4. The summed E-state index contributed by atoms with van der Waals surface area (Å²) >= 11 is 0. The number of fused-ring (bicyclic) bond motifs is 1. The number of aromatic amines is 1. The van der Waals surface area contributed by atoms with Crippen molar-refractivity contribution in [3.8, 4) is 0 Å². The van der Waals surface area contributed by atoms with E-state index in [1.165, 1.54) is 11.0 Å². The molecule has 3 aromatic rings. The van der Waals surface area contributed by atoms with Gasteiger partial charge in [0.25, 0.3) is 5.91 Å². The van der Waals surface area contributed by atoms with E-state index in [0.29, 0.717) is 11.7 Å². The average molecular weight is 368 g/mol. The molecule has 0 radical (unpaired) electrons. The zero-order chi connectivity index (χ0) is 19.3. The fourth-order valence-corrected chi connectivity index (χ4v) is 2.31. The first-order chi connectivity index (χ1) is 12.0. The Hall–Kier alpha value is -3.18. The predicted molar refractivity (Wildman–Crippen MR) is 86.3 cm³/mol. The monoisotopic (exact) mass is 368 g/mol. The van der Waals surface area contributed by atoms with Crippen molar-refractivity contribution >= 4 is 28.6 Å². The molecule has 9 nitrogen and oxygen atoms in total. The van der Waals surface area contributed by atoms with Crippen LogP contribution in [0.5, 0.6) is 0 Å². The number of rotatable bonds is 2. The van der Waals surface area contributed by atoms with Gasteiger partial charge in [-0.3, -0.25) is 9.89 Å². The quantitative estimate of drug-likeness (QED) is 0.636. The number of amides is 1. The van der Waals surface area contributed by atoms with Crippen molar-refractivity contribution in [2.45, 2.75) is 32.5 Å². The Balaban J connectivity index is 2.02. The molecule has 0 aliphatic rings. The van der Waals surface area contributed by atoms with Crippen LogP contribution in [0.1, 0.15) is 37.0 Å². The lowest BCUT2D eigenvalue weighted by atomic mass is 10.1. The second-order valence-corrected chi connectivity index (χ2v) is 6.51. The molecule has 0 aliphatic carbocycles. The van der Waals surface area contributed by atoms with Crippen molar-refractivity contribution in [1.82, 2.24) is 29.9 Å². The number of alkyl halides is 3. The Bertz CT molecular complexity index is 982. The molecule has 0 unspecified atom stereocenters. The number of anilines is 2. The number of nitrogens with two attached hydrogens (primary N) is 1. The topological polar surface area (TPSA) is 127 Å². The van der Waals surface area contributed by atoms with Crippen molar-refractivity contribution in [3.05, 3.63) is 23.8 Å². The molecule has 3 heterocycles. The van der Waals surface area contributed by atoms with Crippen LogP contribution in [0.2, 0.25) is 0 Å². The summed E-state index contributed by atoms with van der Waals surface area (Å²) in [6.07, 6.45) is -3.36. The minimum absolute atomic E-state index is 0.0358. The minimum atomic E-state index is -4.60. The average Bonchev–Trinajstić information content (AvgIpc) is 3.11. The van der Waals surface area contributed by atoms with Crippen molar-refractivity contribution < 1.29 is 18.0 Å². The van der Waals surface area contributed by atoms with Crippen LogP contribution in [0.3, 0.4) is 0 Å². The number of halogens is 3. The SMILES string of the molecule is CC(C)(C)n1nc(C(=O)Nc2cc(C(F)(F)F)[nH]n2)c2c(N)ncnc21. The summed E-state index contributed by atoms with van der Waals surface area (Å²) in [4.78, 5) is 20.5. The van der Waals surface area contributed by atoms with E-state index in [9.17, 15) is 18.0 Å². The van der Waals surface area contributed by atoms with Crippen LogP contribution in [-0.2, 0) is 11.7 Å². The van der Waals surface area contributed by atoms with Gasteiger partial charge in [-0.2, -0.15) is 23.4 Å². The predicted octanol–water partition coefficient (Wildman–Crippen LogP) is 2.16. The van der Waals surface area contributed by atoms with E-state index in [0.717, 1.165) is 0 Å². The molecule has 3 aromatic heterocycles. The highest BCUT2D eigenvalue weighted by Crippen LogP contribution is 2.30. The number of H-pyrrole nitrogens is 1. The van der Waals surface area contributed by atoms with Gasteiger partial charge in [0, 0.05) is 6.07 Å². The molecule has 4 N–H and O–H groups in total. The molecule has 0 saturated heterocycles. The van der Waals surface area contributed by atoms with E-state index in [-0.39, 0.29) is 22.7 Å². The minimum Gasteiger partial charge on any atom is -0.383 e. The van der Waals surface area contributed by atoms with E-state index in [1.807, 2.05) is 25.9 Å². The first kappa shape index (κ1) is 17.6. The fraction of sp³-hybridized carbons (Fsp3) is 0.357. The second kappa shape index (κ2) is 5.68. The van der Waals surface area contributed by atoms with Crippen LogP contribution in [0.25, 0.3) is 11.0 Å². The van der Waals surface area contributed by atoms with Crippen LogP contribution in [0, 0.1) is 0 Å². The molecule has 0 spiro atoms. The zero-order valence-electron chi connectivity index (χ0n) is 14.0. The highest BCUT2D eigenvalue weighted by molar-refractivity contribution is 6.12. The Kier molecular flexibility index (Phi) is 3.85. The number of nitrogens with one attached hydrogen (secondary N) is 2. The van der Waals surface area contributed by atoms with E-state index >= 15 is 0 Å². The summed E-state index contributed by atoms with van der Waals surface area (Å²) in [5, 5.41) is 12.0. The molecule has 0 aromatic carbocycles. The number of aromatic nitrogens is 6. The van der Waals surface area contributed by atoms with Gasteiger partial charge in [-0.25, -0.2) is 14.6 Å². The van der Waals surface area contributed by atoms with Crippen LogP contribution in [0.15, 0.2) is 12.4 Å². The van der Waals surface area contributed by atoms with Gasteiger partial charge in [0.05, 0.1) is 10.9 Å². The van der Waals surface area contributed by atoms with Gasteiger partial charge in [0.2, 0.25) is 0 Å². The van der Waals surface area contributed by atoms with Gasteiger partial charge in [0.1, 0.15) is 17.8 Å². The smallest absolute Gasteiger partial charge is 0.383 e. The van der Waals surface area contributed by atoms with Gasteiger partial charge < -0.3 is 11.1 Å². The first-order valence-electron chi connectivity index (χ1n) is 7.42. The highest BCUT2D eigenvalue weighted by atomic mass is 19.4. The summed E-state index contributed by atoms with van der Waals surface area (Å²) in [6.45, 7) is 5.55. The molecule has 12 heteroatoms. The summed E-state index contributed by atoms with van der Waals surface area (Å²) in [5.41, 5.74) is 4.48. The highest BCUT2D eigenvalue weighted by Gasteiger charge is 2.33. The number of carbonyl (C=O) groups is 1. The maximum absolute atomic E-state index is 12.6. The normalized spacial score (nSPS) is 12.5. The van der Waals surface area contributed by atoms with Crippen LogP contribution in [0.4, 0.5) is 24.8 Å². The van der Waals surface area contributed by atoms with Crippen molar-refractivity contribution in [1.29, 1.82) is 0 Å². The van der Waals surface area contributed by atoms with Crippen molar-refractivity contribution in [2.75, 3.05) is 11.1 Å². The van der Waals surface area contributed by atoms with Gasteiger partial charge in [-0.1, -0.05) is 0 Å². The number of carbonyl (C=O) groups excluding carboxylic acids is 1. The lowest BCUT2D eigenvalue weighted by Gasteiger charge is -2.19. The van der Waals surface area contributed by atoms with E-state index in [4.69, 9.17) is 5.73 Å². The standard InChI is InChI=1S/C14H15F3N8O/c1-13(2,3)25-11-8(10(18)19-5-20-11)9(24-25)12(26)21-7-4-6(22-23-7)14(15,16)17/h4-5H,1-3H3,(H2,18,19,20)(H2,21,22,23,26). The number of hydrogen-bond acceptors (Lipinski definition) is 6. The molecule has 1 amide bonds. The van der Waals surface area contributed by atoms with Gasteiger partial charge >= 0.3 is 6.18 Å². The van der Waals surface area contributed by atoms with Crippen LogP contribution in [-0.4, -0.2) is 35.9 Å². The zero-order valence-corrected chi connectivity index (χ0v) is 14.0. The molecular formula is C14H15F3N8O. The third-order valence-corrected chi connectivity index (χ3v) is 3.47. The van der Waals surface area contributed by atoms with Gasteiger partial charge in [-0.05, 0) is 20.8 Å². The van der Waals surface area contributed by atoms with Crippen molar-refractivity contribution in [3.63, 3.8) is 0 Å². The summed E-state index contributed by atoms with van der Waals surface area (Å²) in [5.74, 6) is -1.04. The van der Waals surface area contributed by atoms with Crippen LogP contribution >= 0.6 is 0 Å². The Morgan fingerprint density at radius 3 is 2.54 bits per heavy atom. The van der Waals surface area contributed by atoms with Crippen LogP contribution < -0.4 is 11.1 Å². The number of hydrogen-bond donors (Lipinski definition) is 3. The Labute approximate surface area is 144 Å². The molecular weight excluding hydrogens is 353 g/mol. The third-order valence-electron chi connectivity index (χ3n) is 3.47. The third kappa shape index (κ3) is 3.05. The molecule has 26 heavy (non-hydrogen) atoms. The molecule has 0 saturated carbocycles. The summed E-state index contributed by atoms with van der Waals surface area (Å²) in [7, 11) is 0. The van der Waals surface area contributed by atoms with Gasteiger partial charge in [-0.15, -0.1) is 0 Å². The second-order valence-electron chi connectivity index (χ2n) is 6.51. The largest absolute Gasteiger partial charge is 0.432 e. The van der Waals surface area contributed by atoms with E-state index in [2.05, 4.69) is 25.5 Å². The maximum atomic E-state index is 12.6. The number of nitrogen functional groups attached to an aromatic ring is 1. The van der Waals surface area contributed by atoms with E-state index < -0.39 is 23.3 Å². The molecule has 3 rings (SSSR count). The van der Waals surface area contributed by atoms with Gasteiger partial charge in [0.15, 0.2) is 17.2 Å². The molecule has 0 bridgehead atoms. The van der Waals surface area contributed by atoms with Crippen molar-refractivity contribution in [2.24, 2.45) is 0 Å². The maximum Gasteiger partial charge on any atom is 0.432 e. The lowest BCUT2D eigenvalue weighted by Crippen LogP contribution is -2.24. The molecule has 0 fully saturated rings. The number of nitrogens with zero attached hydrogens (tertiary/aromatic N) is 5. The Morgan fingerprint density at radius 1 is 1.27 bits per heavy atom. The summed E-state index contributed by atoms with van der Waals surface area (Å²) in [6, 6.07) is 0.681. The molecule has 0 atom stereocenters. The fourth-order valence-electron chi connectivity index (χ4n) is 2.31. The van der Waals surface area contributed by atoms with E-state index in [1.54, 1.807) is 0 Å². The Morgan fingerprint density at radius 2 is 1.96 bits per heavy atom. The first-order valence-corrected chi connectivity index (χ1v) is 7.42. The molecule has 0 aliphatic heterocycles. The lowest BCUT2D eigenvalue weighted by molar-refractivity contribution is -0.141.